The fourth-order valence-corrected chi connectivity index (χ4v) is 2.68. The first-order valence-corrected chi connectivity index (χ1v) is 6.92. The Morgan fingerprint density at radius 3 is 2.68 bits per heavy atom. The quantitative estimate of drug-likeness (QED) is 0.846. The van der Waals surface area contributed by atoms with Crippen LogP contribution in [-0.2, 0) is 18.3 Å². The summed E-state index contributed by atoms with van der Waals surface area (Å²) in [7, 11) is 1.98. The van der Waals surface area contributed by atoms with Crippen LogP contribution in [0.25, 0.3) is 0 Å². The molecule has 106 valence electrons. The first kappa shape index (κ1) is 14.1. The molecule has 1 aromatic heterocycles. The van der Waals surface area contributed by atoms with E-state index in [9.17, 15) is 4.79 Å². The van der Waals surface area contributed by atoms with E-state index in [1.807, 2.05) is 38.7 Å². The van der Waals surface area contributed by atoms with E-state index >= 15 is 0 Å². The number of nitrogens with zero attached hydrogens (tertiary/aromatic N) is 2. The molecule has 1 atom stereocenters. The van der Waals surface area contributed by atoms with Gasteiger partial charge in [0.1, 0.15) is 0 Å². The molecule has 0 spiro atoms. The summed E-state index contributed by atoms with van der Waals surface area (Å²) in [6.45, 7) is 10.3. The van der Waals surface area contributed by atoms with E-state index in [1.165, 1.54) is 11.3 Å². The lowest BCUT2D eigenvalue weighted by atomic mass is 9.74. The molecule has 0 saturated carbocycles. The Morgan fingerprint density at radius 2 is 2.11 bits per heavy atom. The van der Waals surface area contributed by atoms with Crippen LogP contribution >= 0.6 is 0 Å². The van der Waals surface area contributed by atoms with Crippen molar-refractivity contribution in [2.45, 2.75) is 53.5 Å². The SMILES string of the molecule is Cn1ncc2c1CC(C)(C)C[C@@H]2NC(=O)C(C)(C)C. The molecule has 1 amide bonds. The molecule has 4 heteroatoms. The van der Waals surface area contributed by atoms with Crippen molar-refractivity contribution >= 4 is 5.91 Å². The highest BCUT2D eigenvalue weighted by Gasteiger charge is 2.36. The van der Waals surface area contributed by atoms with E-state index in [0.717, 1.165) is 12.8 Å². The van der Waals surface area contributed by atoms with E-state index in [0.29, 0.717) is 0 Å². The van der Waals surface area contributed by atoms with Crippen LogP contribution in [-0.4, -0.2) is 15.7 Å². The summed E-state index contributed by atoms with van der Waals surface area (Å²) in [6, 6.07) is 0.0826. The van der Waals surface area contributed by atoms with Gasteiger partial charge in [0.2, 0.25) is 5.91 Å². The first-order valence-electron chi connectivity index (χ1n) is 6.92. The zero-order chi connectivity index (χ0) is 14.4. The second-order valence-corrected chi connectivity index (χ2v) is 7.49. The Balaban J connectivity index is 2.29. The van der Waals surface area contributed by atoms with Crippen LogP contribution in [0.4, 0.5) is 0 Å². The van der Waals surface area contributed by atoms with Crippen LogP contribution in [0, 0.1) is 10.8 Å². The van der Waals surface area contributed by atoms with Gasteiger partial charge in [0.15, 0.2) is 0 Å². The molecular weight excluding hydrogens is 238 g/mol. The molecule has 1 aliphatic carbocycles. The second kappa shape index (κ2) is 4.36. The Kier molecular flexibility index (Phi) is 3.23. The molecule has 0 bridgehead atoms. The molecule has 19 heavy (non-hydrogen) atoms. The van der Waals surface area contributed by atoms with E-state index < -0.39 is 0 Å². The maximum Gasteiger partial charge on any atom is 0.225 e. The normalized spacial score (nSPS) is 21.9. The average molecular weight is 263 g/mol. The van der Waals surface area contributed by atoms with Crippen molar-refractivity contribution < 1.29 is 4.79 Å². The van der Waals surface area contributed by atoms with E-state index in [1.54, 1.807) is 0 Å². The monoisotopic (exact) mass is 263 g/mol. The standard InChI is InChI=1S/C15H25N3O/c1-14(2,3)13(19)17-11-7-15(4,5)8-12-10(11)9-16-18(12)6/h9,11H,7-8H2,1-6H3,(H,17,19)/t11-/m0/s1. The number of carbonyl (C=O) groups excluding carboxylic acids is 1. The van der Waals surface area contributed by atoms with Crippen molar-refractivity contribution in [3.05, 3.63) is 17.5 Å². The third kappa shape index (κ3) is 2.82. The third-order valence-corrected chi connectivity index (χ3v) is 3.86. The summed E-state index contributed by atoms with van der Waals surface area (Å²) in [5, 5.41) is 7.54. The zero-order valence-electron chi connectivity index (χ0n) is 12.9. The minimum Gasteiger partial charge on any atom is -0.349 e. The van der Waals surface area contributed by atoms with Gasteiger partial charge in [-0.25, -0.2) is 0 Å². The predicted octanol–water partition coefficient (Wildman–Crippen LogP) is 2.60. The van der Waals surface area contributed by atoms with Gasteiger partial charge in [0, 0.05) is 23.7 Å². The number of fused-ring (bicyclic) bond motifs is 1. The molecule has 0 saturated heterocycles. The lowest BCUT2D eigenvalue weighted by Crippen LogP contribution is -2.41. The Labute approximate surface area is 115 Å². The number of aryl methyl sites for hydroxylation is 1. The van der Waals surface area contributed by atoms with Gasteiger partial charge in [-0.05, 0) is 18.3 Å². The van der Waals surface area contributed by atoms with Gasteiger partial charge < -0.3 is 5.32 Å². The number of rotatable bonds is 1. The smallest absolute Gasteiger partial charge is 0.225 e. The summed E-state index contributed by atoms with van der Waals surface area (Å²) in [5.74, 6) is 0.102. The molecule has 1 heterocycles. The van der Waals surface area contributed by atoms with E-state index in [2.05, 4.69) is 24.3 Å². The van der Waals surface area contributed by atoms with Crippen LogP contribution < -0.4 is 5.32 Å². The molecule has 0 aromatic carbocycles. The molecule has 0 unspecified atom stereocenters. The van der Waals surface area contributed by atoms with E-state index in [-0.39, 0.29) is 22.8 Å². The molecule has 1 N–H and O–H groups in total. The molecule has 1 aliphatic rings. The van der Waals surface area contributed by atoms with Gasteiger partial charge in [-0.15, -0.1) is 0 Å². The Hall–Kier alpha value is -1.32. The van der Waals surface area contributed by atoms with E-state index in [4.69, 9.17) is 0 Å². The molecule has 0 fully saturated rings. The van der Waals surface area contributed by atoms with Crippen molar-refractivity contribution in [2.75, 3.05) is 0 Å². The second-order valence-electron chi connectivity index (χ2n) is 7.49. The van der Waals surface area contributed by atoms with Gasteiger partial charge in [-0.1, -0.05) is 34.6 Å². The van der Waals surface area contributed by atoms with Crippen LogP contribution in [0.1, 0.15) is 58.3 Å². The number of carbonyl (C=O) groups is 1. The highest BCUT2D eigenvalue weighted by molar-refractivity contribution is 5.81. The minimum atomic E-state index is -0.357. The topological polar surface area (TPSA) is 46.9 Å². The highest BCUT2D eigenvalue weighted by Crippen LogP contribution is 2.40. The number of aromatic nitrogens is 2. The Morgan fingerprint density at radius 1 is 1.47 bits per heavy atom. The molecule has 0 aliphatic heterocycles. The maximum absolute atomic E-state index is 12.2. The fourth-order valence-electron chi connectivity index (χ4n) is 2.68. The fraction of sp³-hybridized carbons (Fsp3) is 0.733. The van der Waals surface area contributed by atoms with Crippen LogP contribution in [0.2, 0.25) is 0 Å². The largest absolute Gasteiger partial charge is 0.349 e. The molecule has 1 aromatic rings. The molecular formula is C15H25N3O. The summed E-state index contributed by atoms with van der Waals surface area (Å²) in [5.41, 5.74) is 2.26. The summed E-state index contributed by atoms with van der Waals surface area (Å²) < 4.78 is 1.94. The molecule has 2 rings (SSSR count). The van der Waals surface area contributed by atoms with Crippen LogP contribution in [0.5, 0.6) is 0 Å². The van der Waals surface area contributed by atoms with Crippen molar-refractivity contribution in [1.29, 1.82) is 0 Å². The lowest BCUT2D eigenvalue weighted by Gasteiger charge is -2.36. The number of hydrogen-bond acceptors (Lipinski definition) is 2. The molecule has 4 nitrogen and oxygen atoms in total. The van der Waals surface area contributed by atoms with Gasteiger partial charge in [-0.3, -0.25) is 9.48 Å². The number of hydrogen-bond donors (Lipinski definition) is 1. The predicted molar refractivity (Wildman–Crippen MR) is 75.6 cm³/mol. The zero-order valence-corrected chi connectivity index (χ0v) is 12.9. The summed E-state index contributed by atoms with van der Waals surface area (Å²) in [4.78, 5) is 12.2. The van der Waals surface area contributed by atoms with Crippen LogP contribution in [0.15, 0.2) is 6.20 Å². The van der Waals surface area contributed by atoms with Crippen LogP contribution in [0.3, 0.4) is 0 Å². The number of amides is 1. The van der Waals surface area contributed by atoms with Gasteiger partial charge in [-0.2, -0.15) is 5.10 Å². The van der Waals surface area contributed by atoms with Crippen molar-refractivity contribution in [3.8, 4) is 0 Å². The summed E-state index contributed by atoms with van der Waals surface area (Å²) in [6.07, 6.45) is 3.88. The Bertz CT molecular complexity index is 494. The average Bonchev–Trinajstić information content (AvgIpc) is 2.57. The minimum absolute atomic E-state index is 0.0826. The highest BCUT2D eigenvalue weighted by atomic mass is 16.2. The third-order valence-electron chi connectivity index (χ3n) is 3.86. The van der Waals surface area contributed by atoms with Crippen molar-refractivity contribution in [1.82, 2.24) is 15.1 Å². The van der Waals surface area contributed by atoms with Gasteiger partial charge in [0.05, 0.1) is 12.2 Å². The number of nitrogens with one attached hydrogen (secondary N) is 1. The van der Waals surface area contributed by atoms with Gasteiger partial charge >= 0.3 is 0 Å². The van der Waals surface area contributed by atoms with Gasteiger partial charge in [0.25, 0.3) is 0 Å². The summed E-state index contributed by atoms with van der Waals surface area (Å²) >= 11 is 0. The first-order chi connectivity index (χ1) is 8.60. The van der Waals surface area contributed by atoms with Crippen molar-refractivity contribution in [3.63, 3.8) is 0 Å². The lowest BCUT2D eigenvalue weighted by molar-refractivity contribution is -0.129. The maximum atomic E-state index is 12.2. The van der Waals surface area contributed by atoms with Crippen molar-refractivity contribution in [2.24, 2.45) is 17.9 Å². The molecule has 0 radical (unpaired) electrons.